The highest BCUT2D eigenvalue weighted by Gasteiger charge is 2.04. The molecular weight excluding hydrogens is 142 g/mol. The third-order valence-corrected chi connectivity index (χ3v) is 1.59. The molecule has 0 fully saturated rings. The predicted molar refractivity (Wildman–Crippen MR) is 45.6 cm³/mol. The van der Waals surface area contributed by atoms with Crippen molar-refractivity contribution in [3.63, 3.8) is 0 Å². The van der Waals surface area contributed by atoms with Crippen LogP contribution in [0.15, 0.2) is 0 Å². The van der Waals surface area contributed by atoms with Crippen molar-refractivity contribution >= 4 is 0 Å². The van der Waals surface area contributed by atoms with Crippen LogP contribution < -0.4 is 5.32 Å². The van der Waals surface area contributed by atoms with Gasteiger partial charge in [0, 0.05) is 6.54 Å². The maximum absolute atomic E-state index is 9.21. The van der Waals surface area contributed by atoms with Crippen LogP contribution >= 0.6 is 0 Å². The molecule has 3 heteroatoms. The van der Waals surface area contributed by atoms with E-state index >= 15 is 0 Å². The molecule has 0 saturated heterocycles. The summed E-state index contributed by atoms with van der Waals surface area (Å²) in [6.07, 6.45) is 0.863. The van der Waals surface area contributed by atoms with Crippen LogP contribution in [0.5, 0.6) is 0 Å². The van der Waals surface area contributed by atoms with Gasteiger partial charge in [0.25, 0.3) is 0 Å². The van der Waals surface area contributed by atoms with Crippen molar-refractivity contribution in [2.45, 2.75) is 32.5 Å². The molecule has 0 aromatic rings. The number of rotatable bonds is 6. The zero-order valence-corrected chi connectivity index (χ0v) is 7.63. The minimum absolute atomic E-state index is 0.251. The van der Waals surface area contributed by atoms with Crippen LogP contribution in [0.25, 0.3) is 0 Å². The Morgan fingerprint density at radius 1 is 1.55 bits per heavy atom. The number of hydrogen-bond acceptors (Lipinski definition) is 3. The summed E-state index contributed by atoms with van der Waals surface area (Å²) in [6, 6.07) is 0. The second-order valence-electron chi connectivity index (χ2n) is 2.76. The van der Waals surface area contributed by atoms with Crippen molar-refractivity contribution in [3.05, 3.63) is 0 Å². The van der Waals surface area contributed by atoms with Gasteiger partial charge in [-0.2, -0.15) is 0 Å². The average molecular weight is 161 g/mol. The molecule has 0 heterocycles. The van der Waals surface area contributed by atoms with Crippen molar-refractivity contribution in [1.29, 1.82) is 0 Å². The highest BCUT2D eigenvalue weighted by molar-refractivity contribution is 4.56. The number of hydrogen-bond donors (Lipinski definition) is 2. The number of aliphatic hydroxyl groups excluding tert-OH is 1. The highest BCUT2D eigenvalue weighted by atomic mass is 16.5. The van der Waals surface area contributed by atoms with E-state index in [1.54, 1.807) is 0 Å². The van der Waals surface area contributed by atoms with Gasteiger partial charge < -0.3 is 15.2 Å². The van der Waals surface area contributed by atoms with E-state index in [0.717, 1.165) is 6.42 Å². The molecule has 11 heavy (non-hydrogen) atoms. The van der Waals surface area contributed by atoms with Crippen LogP contribution in [0, 0.1) is 0 Å². The fraction of sp³-hybridized carbons (Fsp3) is 1.00. The first kappa shape index (κ1) is 10.9. The highest BCUT2D eigenvalue weighted by Crippen LogP contribution is 1.96. The smallest absolute Gasteiger partial charge is 0.0897 e. The zero-order chi connectivity index (χ0) is 8.69. The van der Waals surface area contributed by atoms with Crippen LogP contribution in [-0.4, -0.2) is 37.5 Å². The Kier molecular flexibility index (Phi) is 6.51. The molecule has 68 valence electrons. The van der Waals surface area contributed by atoms with Gasteiger partial charge in [0.1, 0.15) is 0 Å². The summed E-state index contributed by atoms with van der Waals surface area (Å²) in [5.41, 5.74) is 0. The van der Waals surface area contributed by atoms with Crippen LogP contribution in [0.2, 0.25) is 0 Å². The van der Waals surface area contributed by atoms with Gasteiger partial charge in [-0.05, 0) is 20.4 Å². The van der Waals surface area contributed by atoms with E-state index in [4.69, 9.17) is 4.74 Å². The molecule has 2 atom stereocenters. The molecule has 2 unspecified atom stereocenters. The van der Waals surface area contributed by atoms with Crippen molar-refractivity contribution in [1.82, 2.24) is 5.32 Å². The number of ether oxygens (including phenoxy) is 1. The van der Waals surface area contributed by atoms with Gasteiger partial charge >= 0.3 is 0 Å². The third-order valence-electron chi connectivity index (χ3n) is 1.59. The fourth-order valence-electron chi connectivity index (χ4n) is 0.688. The zero-order valence-electron chi connectivity index (χ0n) is 7.63. The first-order chi connectivity index (χ1) is 5.20. The summed E-state index contributed by atoms with van der Waals surface area (Å²) < 4.78 is 5.32. The predicted octanol–water partition coefficient (Wildman–Crippen LogP) is 0.382. The summed E-state index contributed by atoms with van der Waals surface area (Å²) in [5, 5.41) is 12.1. The quantitative estimate of drug-likeness (QED) is 0.592. The van der Waals surface area contributed by atoms with Gasteiger partial charge in [-0.3, -0.25) is 0 Å². The lowest BCUT2D eigenvalue weighted by Crippen LogP contribution is -2.29. The normalized spacial score (nSPS) is 16.4. The van der Waals surface area contributed by atoms with E-state index in [1.165, 1.54) is 0 Å². The molecule has 0 rings (SSSR count). The Hall–Kier alpha value is -0.120. The summed E-state index contributed by atoms with van der Waals surface area (Å²) >= 11 is 0. The summed E-state index contributed by atoms with van der Waals surface area (Å²) in [4.78, 5) is 0. The Bertz CT molecular complexity index is 88.2. The van der Waals surface area contributed by atoms with Crippen molar-refractivity contribution in [2.24, 2.45) is 0 Å². The summed E-state index contributed by atoms with van der Waals surface area (Å²) in [7, 11) is 1.81. The second kappa shape index (κ2) is 6.58. The van der Waals surface area contributed by atoms with Gasteiger partial charge in [-0.25, -0.2) is 0 Å². The first-order valence-corrected chi connectivity index (χ1v) is 4.15. The van der Waals surface area contributed by atoms with Gasteiger partial charge in [0.15, 0.2) is 0 Å². The van der Waals surface area contributed by atoms with Crippen molar-refractivity contribution in [2.75, 3.05) is 20.2 Å². The minimum Gasteiger partial charge on any atom is -0.389 e. The average Bonchev–Trinajstić information content (AvgIpc) is 2.01. The van der Waals surface area contributed by atoms with E-state index in [2.05, 4.69) is 12.2 Å². The lowest BCUT2D eigenvalue weighted by Gasteiger charge is -2.14. The molecule has 0 bridgehead atoms. The maximum Gasteiger partial charge on any atom is 0.0897 e. The van der Waals surface area contributed by atoms with Crippen LogP contribution in [0.3, 0.4) is 0 Å². The molecule has 0 saturated carbocycles. The summed E-state index contributed by atoms with van der Waals surface area (Å²) in [6.45, 7) is 5.09. The molecule has 0 aliphatic carbocycles. The lowest BCUT2D eigenvalue weighted by atomic mass is 10.3. The minimum atomic E-state index is -0.381. The summed E-state index contributed by atoms with van der Waals surface area (Å²) in [5.74, 6) is 0. The van der Waals surface area contributed by atoms with Gasteiger partial charge in [0.05, 0.1) is 18.8 Å². The standard InChI is InChI=1S/C8H19NO2/c1-4-7(2)11-6-8(10)5-9-3/h7-10H,4-6H2,1-3H3. The van der Waals surface area contributed by atoms with E-state index in [0.29, 0.717) is 13.2 Å². The molecule has 0 aromatic heterocycles. The van der Waals surface area contributed by atoms with Gasteiger partial charge in [0.2, 0.25) is 0 Å². The topological polar surface area (TPSA) is 41.5 Å². The molecule has 3 nitrogen and oxygen atoms in total. The first-order valence-electron chi connectivity index (χ1n) is 4.15. The molecule has 0 spiro atoms. The molecule has 0 aliphatic heterocycles. The third kappa shape index (κ3) is 6.28. The number of nitrogens with one attached hydrogen (secondary N) is 1. The molecule has 0 aromatic carbocycles. The van der Waals surface area contributed by atoms with Gasteiger partial charge in [-0.1, -0.05) is 6.92 Å². The van der Waals surface area contributed by atoms with E-state index in [9.17, 15) is 5.11 Å². The monoisotopic (exact) mass is 161 g/mol. The van der Waals surface area contributed by atoms with Crippen molar-refractivity contribution in [3.8, 4) is 0 Å². The molecule has 0 aliphatic rings. The Morgan fingerprint density at radius 2 is 2.18 bits per heavy atom. The van der Waals surface area contributed by atoms with Crippen LogP contribution in [-0.2, 0) is 4.74 Å². The van der Waals surface area contributed by atoms with E-state index < -0.39 is 0 Å². The van der Waals surface area contributed by atoms with E-state index in [-0.39, 0.29) is 12.2 Å². The molecular formula is C8H19NO2. The van der Waals surface area contributed by atoms with Gasteiger partial charge in [-0.15, -0.1) is 0 Å². The Morgan fingerprint density at radius 3 is 2.64 bits per heavy atom. The van der Waals surface area contributed by atoms with Crippen LogP contribution in [0.1, 0.15) is 20.3 Å². The van der Waals surface area contributed by atoms with Crippen molar-refractivity contribution < 1.29 is 9.84 Å². The maximum atomic E-state index is 9.21. The fourth-order valence-corrected chi connectivity index (χ4v) is 0.688. The van der Waals surface area contributed by atoms with Crippen LogP contribution in [0.4, 0.5) is 0 Å². The molecule has 2 N–H and O–H groups in total. The number of likely N-dealkylation sites (N-methyl/N-ethyl adjacent to an activating group) is 1. The second-order valence-corrected chi connectivity index (χ2v) is 2.76. The Labute approximate surface area is 68.8 Å². The molecule has 0 amide bonds. The number of aliphatic hydroxyl groups is 1. The SMILES string of the molecule is CCC(C)OCC(O)CNC. The Balaban J connectivity index is 3.22. The molecule has 0 radical (unpaired) electrons. The van der Waals surface area contributed by atoms with E-state index in [1.807, 2.05) is 14.0 Å². The lowest BCUT2D eigenvalue weighted by molar-refractivity contribution is -0.00157. The largest absolute Gasteiger partial charge is 0.389 e.